The van der Waals surface area contributed by atoms with Gasteiger partial charge in [0.2, 0.25) is 0 Å². The van der Waals surface area contributed by atoms with Gasteiger partial charge in [0.25, 0.3) is 0 Å². The number of nitrogens with zero attached hydrogens (tertiary/aromatic N) is 1. The number of carbonyl (C=O) groups excluding carboxylic acids is 1. The van der Waals surface area contributed by atoms with Gasteiger partial charge < -0.3 is 13.1 Å². The summed E-state index contributed by atoms with van der Waals surface area (Å²) in [5.74, 6) is -0.262. The Morgan fingerprint density at radius 3 is 2.72 bits per heavy atom. The fourth-order valence-electron chi connectivity index (χ4n) is 2.77. The lowest BCUT2D eigenvalue weighted by molar-refractivity contribution is -1.63. The van der Waals surface area contributed by atoms with Gasteiger partial charge in [-0.3, -0.25) is 4.90 Å². The van der Waals surface area contributed by atoms with Gasteiger partial charge in [0.1, 0.15) is 6.04 Å². The van der Waals surface area contributed by atoms with Crippen molar-refractivity contribution in [2.75, 3.05) is 13.7 Å². The van der Waals surface area contributed by atoms with Crippen LogP contribution in [-0.4, -0.2) is 28.7 Å². The number of hydrogen-bond donors (Lipinski definition) is 1. The lowest BCUT2D eigenvalue weighted by atomic mass is 10.0. The van der Waals surface area contributed by atoms with Gasteiger partial charge in [-0.1, -0.05) is 29.8 Å². The van der Waals surface area contributed by atoms with E-state index in [1.807, 2.05) is 24.3 Å². The Bertz CT molecular complexity index is 709. The number of methoxy groups -OCH3 is 1. The van der Waals surface area contributed by atoms with E-state index in [0.717, 1.165) is 25.1 Å². The SMILES string of the molecule is COC(=O)[C@H](c1ccccc1Cl)N1CCc2sccc2C1.[O-][Br+2]([O-])O. The quantitative estimate of drug-likeness (QED) is 0.693. The minimum Gasteiger partial charge on any atom is -0.468 e. The van der Waals surface area contributed by atoms with Gasteiger partial charge in [-0.2, -0.15) is 0 Å². The van der Waals surface area contributed by atoms with E-state index in [1.54, 1.807) is 11.3 Å². The van der Waals surface area contributed by atoms with Crippen molar-refractivity contribution in [1.82, 2.24) is 4.90 Å². The van der Waals surface area contributed by atoms with E-state index >= 15 is 0 Å². The zero-order valence-corrected chi connectivity index (χ0v) is 16.5. The second-order valence-electron chi connectivity index (χ2n) is 5.24. The summed E-state index contributed by atoms with van der Waals surface area (Å²) in [5, 5.41) is 2.71. The number of fused-ring (bicyclic) bond motifs is 1. The molecule has 136 valence electrons. The molecule has 1 aliphatic rings. The number of halogens is 2. The van der Waals surface area contributed by atoms with E-state index < -0.39 is 20.9 Å². The van der Waals surface area contributed by atoms with Crippen LogP contribution in [0.25, 0.3) is 0 Å². The van der Waals surface area contributed by atoms with Gasteiger partial charge in [0.05, 0.1) is 7.11 Å². The highest BCUT2D eigenvalue weighted by Gasteiger charge is 2.32. The van der Waals surface area contributed by atoms with Crippen LogP contribution in [0.1, 0.15) is 22.0 Å². The molecule has 0 spiro atoms. The predicted octanol–water partition coefficient (Wildman–Crippen LogP) is 0.739. The van der Waals surface area contributed by atoms with Crippen LogP contribution in [0.4, 0.5) is 0 Å². The molecule has 2 aromatic rings. The normalized spacial score (nSPS) is 15.1. The summed E-state index contributed by atoms with van der Waals surface area (Å²) in [6.45, 7) is 1.59. The lowest BCUT2D eigenvalue weighted by Crippen LogP contribution is -2.38. The van der Waals surface area contributed by atoms with Crippen LogP contribution in [-0.2, 0) is 22.5 Å². The van der Waals surface area contributed by atoms with Crippen molar-refractivity contribution in [1.29, 1.82) is 0 Å². The first-order valence-corrected chi connectivity index (χ1v) is 10.6. The third kappa shape index (κ3) is 5.49. The van der Waals surface area contributed by atoms with E-state index in [2.05, 4.69) is 16.3 Å². The summed E-state index contributed by atoms with van der Waals surface area (Å²) >= 11 is 4.67. The maximum atomic E-state index is 12.3. The Balaban J connectivity index is 0.000000511. The van der Waals surface area contributed by atoms with Crippen LogP contribution >= 0.6 is 22.9 Å². The molecule has 9 heteroatoms. The monoisotopic (exact) mass is 449 g/mol. The first-order valence-electron chi connectivity index (χ1n) is 7.30. The molecule has 25 heavy (non-hydrogen) atoms. The molecular weight excluding hydrogens is 434 g/mol. The number of ether oxygens (including phenoxy) is 1. The molecule has 0 unspecified atom stereocenters. The zero-order chi connectivity index (χ0) is 18.4. The lowest BCUT2D eigenvalue weighted by Gasteiger charge is -2.33. The van der Waals surface area contributed by atoms with Crippen LogP contribution in [0.15, 0.2) is 35.7 Å². The maximum Gasteiger partial charge on any atom is 0.433 e. The molecule has 0 amide bonds. The van der Waals surface area contributed by atoms with Crippen molar-refractivity contribution < 1.29 is 36.9 Å². The molecule has 2 heterocycles. The first-order chi connectivity index (χ1) is 11.9. The Morgan fingerprint density at radius 1 is 1.40 bits per heavy atom. The number of benzene rings is 1. The minimum atomic E-state index is -3.40. The number of rotatable bonds is 3. The summed E-state index contributed by atoms with van der Waals surface area (Å²) in [6, 6.07) is 9.16. The number of carbonyl (C=O) groups is 1. The highest BCUT2D eigenvalue weighted by atomic mass is 80.0. The molecule has 0 saturated carbocycles. The van der Waals surface area contributed by atoms with Gasteiger partial charge in [0, 0.05) is 23.0 Å². The van der Waals surface area contributed by atoms with Crippen molar-refractivity contribution in [3.8, 4) is 0 Å². The molecule has 3 rings (SSSR count). The van der Waals surface area contributed by atoms with E-state index in [9.17, 15) is 4.79 Å². The molecule has 0 bridgehead atoms. The standard InChI is InChI=1S/C16H16ClNO2S.BrHO3/c1-20-16(19)15(12-4-2-3-5-13(12)17)18-8-6-14-11(10-18)7-9-21-14;2-1(3)4/h2-5,7,9,15H,6,8,10H2,1H3;2H/t15-;/m0./s1. The Labute approximate surface area is 160 Å². The Hall–Kier alpha value is -1.00. The number of esters is 1. The summed E-state index contributed by atoms with van der Waals surface area (Å²) in [7, 11) is 1.42. The van der Waals surface area contributed by atoms with Gasteiger partial charge >= 0.3 is 20.8 Å². The average molecular weight is 451 g/mol. The van der Waals surface area contributed by atoms with Crippen LogP contribution in [0.3, 0.4) is 0 Å². The van der Waals surface area contributed by atoms with Crippen LogP contribution < -0.4 is 8.40 Å². The van der Waals surface area contributed by atoms with Crippen molar-refractivity contribution in [3.05, 3.63) is 56.7 Å². The molecule has 0 radical (unpaired) electrons. The largest absolute Gasteiger partial charge is 0.468 e. The van der Waals surface area contributed by atoms with Gasteiger partial charge in [-0.25, -0.2) is 4.79 Å². The van der Waals surface area contributed by atoms with E-state index in [-0.39, 0.29) is 5.97 Å². The van der Waals surface area contributed by atoms with Gasteiger partial charge in [0.15, 0.2) is 0 Å². The third-order valence-electron chi connectivity index (χ3n) is 3.83. The third-order valence-corrected chi connectivity index (χ3v) is 5.19. The molecule has 1 aromatic carbocycles. The second-order valence-corrected chi connectivity index (χ2v) is 7.49. The first kappa shape index (κ1) is 20.3. The number of hydrogen-bond acceptors (Lipinski definition) is 7. The molecule has 1 atom stereocenters. The fraction of sp³-hybridized carbons (Fsp3) is 0.312. The zero-order valence-electron chi connectivity index (χ0n) is 13.4. The van der Waals surface area contributed by atoms with E-state index in [1.165, 1.54) is 17.6 Å². The average Bonchev–Trinajstić information content (AvgIpc) is 3.04. The summed E-state index contributed by atoms with van der Waals surface area (Å²) < 4.78 is 29.3. The smallest absolute Gasteiger partial charge is 0.433 e. The minimum absolute atomic E-state index is 0.262. The highest BCUT2D eigenvalue weighted by Crippen LogP contribution is 2.33. The van der Waals surface area contributed by atoms with Gasteiger partial charge in [-0.15, -0.1) is 11.3 Å². The molecule has 0 aliphatic carbocycles. The fourth-order valence-corrected chi connectivity index (χ4v) is 3.90. The topological polar surface area (TPSA) is 95.9 Å². The van der Waals surface area contributed by atoms with E-state index in [0.29, 0.717) is 5.02 Å². The van der Waals surface area contributed by atoms with Crippen LogP contribution in [0.5, 0.6) is 0 Å². The van der Waals surface area contributed by atoms with Crippen molar-refractivity contribution >= 4 is 28.9 Å². The molecule has 1 aliphatic heterocycles. The molecule has 0 fully saturated rings. The van der Waals surface area contributed by atoms with Crippen molar-refractivity contribution in [2.45, 2.75) is 19.0 Å². The van der Waals surface area contributed by atoms with Crippen molar-refractivity contribution in [3.63, 3.8) is 0 Å². The second kappa shape index (κ2) is 9.63. The van der Waals surface area contributed by atoms with Crippen molar-refractivity contribution in [2.24, 2.45) is 0 Å². The molecule has 1 aromatic heterocycles. The summed E-state index contributed by atoms with van der Waals surface area (Å²) in [6.07, 6.45) is 0.963. The molecule has 0 saturated heterocycles. The van der Waals surface area contributed by atoms with E-state index in [4.69, 9.17) is 28.9 Å². The van der Waals surface area contributed by atoms with Gasteiger partial charge in [-0.05, 0) is 39.3 Å². The predicted molar refractivity (Wildman–Crippen MR) is 86.9 cm³/mol. The maximum absolute atomic E-state index is 12.3. The summed E-state index contributed by atoms with van der Waals surface area (Å²) in [4.78, 5) is 15.8. The highest BCUT2D eigenvalue weighted by molar-refractivity contribution is 7.10. The molecule has 6 nitrogen and oxygen atoms in total. The summed E-state index contributed by atoms with van der Waals surface area (Å²) in [5.41, 5.74) is 2.11. The molecule has 1 N–H and O–H groups in total. The van der Waals surface area contributed by atoms with Crippen LogP contribution in [0, 0.1) is 14.8 Å². The van der Waals surface area contributed by atoms with Crippen LogP contribution in [0.2, 0.25) is 5.02 Å². The Morgan fingerprint density at radius 2 is 2.08 bits per heavy atom. The molecular formula is C16H17BrClNO5S. The Kier molecular flexibility index (Phi) is 7.82. The number of thiophene rings is 1.